The summed E-state index contributed by atoms with van der Waals surface area (Å²) in [6.07, 6.45) is 5.44. The Morgan fingerprint density at radius 1 is 1.00 bits per heavy atom. The smallest absolute Gasteiger partial charge is 0.274 e. The zero-order chi connectivity index (χ0) is 17.6. The predicted octanol–water partition coefficient (Wildman–Crippen LogP) is 3.28. The summed E-state index contributed by atoms with van der Waals surface area (Å²) in [4.78, 5) is 30.1. The minimum atomic E-state index is -0.273. The second-order valence-corrected chi connectivity index (χ2v) is 6.17. The number of rotatable bonds is 4. The lowest BCUT2D eigenvalue weighted by atomic mass is 10.1. The summed E-state index contributed by atoms with van der Waals surface area (Å²) in [5.41, 5.74) is 2.67. The maximum absolute atomic E-state index is 12.4. The molecule has 0 aliphatic carbocycles. The number of anilines is 3. The third kappa shape index (κ3) is 4.56. The van der Waals surface area contributed by atoms with E-state index in [0.29, 0.717) is 17.1 Å². The van der Waals surface area contributed by atoms with Gasteiger partial charge in [-0.1, -0.05) is 6.07 Å². The van der Waals surface area contributed by atoms with Gasteiger partial charge in [0.25, 0.3) is 5.91 Å². The average molecular weight is 338 g/mol. The Kier molecular flexibility index (Phi) is 5.28. The summed E-state index contributed by atoms with van der Waals surface area (Å²) in [7, 11) is 0. The molecule has 25 heavy (non-hydrogen) atoms. The van der Waals surface area contributed by atoms with Crippen molar-refractivity contribution in [3.05, 3.63) is 48.3 Å². The van der Waals surface area contributed by atoms with Gasteiger partial charge in [0.05, 0.1) is 11.9 Å². The van der Waals surface area contributed by atoms with Gasteiger partial charge in [0.2, 0.25) is 5.91 Å². The molecule has 1 aliphatic heterocycles. The average Bonchev–Trinajstić information content (AvgIpc) is 2.62. The Labute approximate surface area is 147 Å². The van der Waals surface area contributed by atoms with E-state index < -0.39 is 0 Å². The molecule has 6 nitrogen and oxygen atoms in total. The van der Waals surface area contributed by atoms with Crippen molar-refractivity contribution in [2.24, 2.45) is 0 Å². The van der Waals surface area contributed by atoms with Crippen molar-refractivity contribution >= 4 is 28.9 Å². The number of piperidine rings is 1. The van der Waals surface area contributed by atoms with E-state index in [4.69, 9.17) is 0 Å². The van der Waals surface area contributed by atoms with Gasteiger partial charge in [-0.15, -0.1) is 0 Å². The van der Waals surface area contributed by atoms with E-state index in [9.17, 15) is 9.59 Å². The molecule has 0 saturated carbocycles. The highest BCUT2D eigenvalue weighted by Gasteiger charge is 2.13. The first kappa shape index (κ1) is 17.0. The van der Waals surface area contributed by atoms with Crippen LogP contribution in [0.2, 0.25) is 0 Å². The number of nitrogens with zero attached hydrogens (tertiary/aromatic N) is 2. The monoisotopic (exact) mass is 338 g/mol. The van der Waals surface area contributed by atoms with Crippen LogP contribution in [0.25, 0.3) is 0 Å². The zero-order valence-electron chi connectivity index (χ0n) is 14.3. The highest BCUT2D eigenvalue weighted by molar-refractivity contribution is 6.03. The van der Waals surface area contributed by atoms with Crippen LogP contribution in [0.15, 0.2) is 42.6 Å². The van der Waals surface area contributed by atoms with E-state index in [1.807, 2.05) is 6.07 Å². The first-order chi connectivity index (χ1) is 12.1. The maximum atomic E-state index is 12.4. The van der Waals surface area contributed by atoms with Crippen molar-refractivity contribution < 1.29 is 9.59 Å². The summed E-state index contributed by atoms with van der Waals surface area (Å²) in [6, 6.07) is 10.7. The number of aromatic nitrogens is 1. The van der Waals surface area contributed by atoms with E-state index in [0.717, 1.165) is 18.8 Å². The van der Waals surface area contributed by atoms with Crippen LogP contribution in [-0.4, -0.2) is 29.9 Å². The van der Waals surface area contributed by atoms with Crippen molar-refractivity contribution in [2.45, 2.75) is 26.2 Å². The SMILES string of the molecule is CC(=O)Nc1cccc(NC(=O)c2ccc(N3CCCCC3)cn2)c1. The number of pyridine rings is 1. The van der Waals surface area contributed by atoms with Gasteiger partial charge >= 0.3 is 0 Å². The fourth-order valence-electron chi connectivity index (χ4n) is 2.93. The normalized spacial score (nSPS) is 14.0. The van der Waals surface area contributed by atoms with E-state index >= 15 is 0 Å². The largest absolute Gasteiger partial charge is 0.370 e. The fraction of sp³-hybridized carbons (Fsp3) is 0.316. The highest BCUT2D eigenvalue weighted by Crippen LogP contribution is 2.20. The number of amides is 2. The molecular formula is C19H22N4O2. The van der Waals surface area contributed by atoms with Gasteiger partial charge in [-0.3, -0.25) is 9.59 Å². The number of benzene rings is 1. The summed E-state index contributed by atoms with van der Waals surface area (Å²) >= 11 is 0. The van der Waals surface area contributed by atoms with Crippen LogP contribution in [-0.2, 0) is 4.79 Å². The van der Waals surface area contributed by atoms with E-state index in [1.165, 1.54) is 26.2 Å². The van der Waals surface area contributed by atoms with Crippen LogP contribution in [0.3, 0.4) is 0 Å². The van der Waals surface area contributed by atoms with Crippen LogP contribution in [0.1, 0.15) is 36.7 Å². The van der Waals surface area contributed by atoms with Crippen molar-refractivity contribution in [3.8, 4) is 0 Å². The quantitative estimate of drug-likeness (QED) is 0.897. The number of hydrogen-bond acceptors (Lipinski definition) is 4. The molecule has 2 N–H and O–H groups in total. The lowest BCUT2D eigenvalue weighted by Crippen LogP contribution is -2.29. The molecular weight excluding hydrogens is 316 g/mol. The third-order valence-corrected chi connectivity index (χ3v) is 4.14. The summed E-state index contributed by atoms with van der Waals surface area (Å²) in [5, 5.41) is 5.50. The first-order valence-corrected chi connectivity index (χ1v) is 8.52. The molecule has 0 atom stereocenters. The summed E-state index contributed by atoms with van der Waals surface area (Å²) in [5.74, 6) is -0.427. The molecule has 0 bridgehead atoms. The second-order valence-electron chi connectivity index (χ2n) is 6.17. The molecule has 1 fully saturated rings. The van der Waals surface area contributed by atoms with Gasteiger partial charge in [0, 0.05) is 31.4 Å². The number of carbonyl (C=O) groups excluding carboxylic acids is 2. The molecule has 6 heteroatoms. The Morgan fingerprint density at radius 2 is 1.72 bits per heavy atom. The molecule has 2 heterocycles. The predicted molar refractivity (Wildman–Crippen MR) is 99.0 cm³/mol. The van der Waals surface area contributed by atoms with E-state index in [2.05, 4.69) is 20.5 Å². The second kappa shape index (κ2) is 7.79. The number of carbonyl (C=O) groups is 2. The number of hydrogen-bond donors (Lipinski definition) is 2. The van der Waals surface area contributed by atoms with Crippen LogP contribution in [0.4, 0.5) is 17.1 Å². The summed E-state index contributed by atoms with van der Waals surface area (Å²) in [6.45, 7) is 3.53. The van der Waals surface area contributed by atoms with Crippen LogP contribution < -0.4 is 15.5 Å². The van der Waals surface area contributed by atoms with Crippen molar-refractivity contribution in [3.63, 3.8) is 0 Å². The third-order valence-electron chi connectivity index (χ3n) is 4.14. The molecule has 1 saturated heterocycles. The van der Waals surface area contributed by atoms with Gasteiger partial charge in [0.1, 0.15) is 5.69 Å². The van der Waals surface area contributed by atoms with Crippen molar-refractivity contribution in [1.82, 2.24) is 4.98 Å². The fourth-order valence-corrected chi connectivity index (χ4v) is 2.93. The van der Waals surface area contributed by atoms with Gasteiger partial charge in [-0.25, -0.2) is 4.98 Å². The van der Waals surface area contributed by atoms with E-state index in [1.54, 1.807) is 36.5 Å². The highest BCUT2D eigenvalue weighted by atomic mass is 16.2. The van der Waals surface area contributed by atoms with Crippen LogP contribution in [0, 0.1) is 0 Å². The Bertz CT molecular complexity index is 752. The zero-order valence-corrected chi connectivity index (χ0v) is 14.3. The Morgan fingerprint density at radius 3 is 2.36 bits per heavy atom. The molecule has 1 aliphatic rings. The van der Waals surface area contributed by atoms with Gasteiger partial charge in [-0.2, -0.15) is 0 Å². The van der Waals surface area contributed by atoms with Gasteiger partial charge in [-0.05, 0) is 49.6 Å². The molecule has 1 aromatic heterocycles. The number of nitrogens with one attached hydrogen (secondary N) is 2. The van der Waals surface area contributed by atoms with Crippen molar-refractivity contribution in [1.29, 1.82) is 0 Å². The Balaban J connectivity index is 1.65. The molecule has 0 unspecified atom stereocenters. The minimum absolute atomic E-state index is 0.154. The van der Waals surface area contributed by atoms with Crippen molar-refractivity contribution in [2.75, 3.05) is 28.6 Å². The first-order valence-electron chi connectivity index (χ1n) is 8.52. The molecule has 0 radical (unpaired) electrons. The molecule has 0 spiro atoms. The molecule has 2 amide bonds. The summed E-state index contributed by atoms with van der Waals surface area (Å²) < 4.78 is 0. The lowest BCUT2D eigenvalue weighted by molar-refractivity contribution is -0.114. The molecule has 2 aromatic rings. The van der Waals surface area contributed by atoms with Gasteiger partial charge < -0.3 is 15.5 Å². The van der Waals surface area contributed by atoms with Gasteiger partial charge in [0.15, 0.2) is 0 Å². The standard InChI is InChI=1S/C19H22N4O2/c1-14(24)21-15-6-5-7-16(12-15)22-19(25)18-9-8-17(13-20-18)23-10-3-2-4-11-23/h5-9,12-13H,2-4,10-11H2,1H3,(H,21,24)(H,22,25). The maximum Gasteiger partial charge on any atom is 0.274 e. The molecule has 130 valence electrons. The van der Waals surface area contributed by atoms with Crippen LogP contribution in [0.5, 0.6) is 0 Å². The van der Waals surface area contributed by atoms with Crippen LogP contribution >= 0.6 is 0 Å². The minimum Gasteiger partial charge on any atom is -0.370 e. The lowest BCUT2D eigenvalue weighted by Gasteiger charge is -2.28. The molecule has 1 aromatic carbocycles. The topological polar surface area (TPSA) is 74.3 Å². The molecule has 3 rings (SSSR count). The van der Waals surface area contributed by atoms with E-state index in [-0.39, 0.29) is 11.8 Å². The Hall–Kier alpha value is -2.89.